The molecule has 146 valence electrons. The Morgan fingerprint density at radius 2 is 2.22 bits per heavy atom. The number of nitrogens with one attached hydrogen (secondary N) is 1. The van der Waals surface area contributed by atoms with Gasteiger partial charge in [0.2, 0.25) is 5.91 Å². The number of likely N-dealkylation sites (tertiary alicyclic amines) is 1. The molecule has 8 heteroatoms. The molecule has 0 aliphatic carbocycles. The number of aromatic nitrogens is 1. The first-order valence-electron chi connectivity index (χ1n) is 8.92. The van der Waals surface area contributed by atoms with E-state index < -0.39 is 11.7 Å². The Kier molecular flexibility index (Phi) is 6.16. The molecular weight excluding hydrogens is 375 g/mol. The quantitative estimate of drug-likeness (QED) is 0.804. The second-order valence-electron chi connectivity index (χ2n) is 7.05. The van der Waals surface area contributed by atoms with E-state index in [1.807, 2.05) is 5.38 Å². The van der Waals surface area contributed by atoms with E-state index in [2.05, 4.69) is 22.1 Å². The molecule has 4 nitrogen and oxygen atoms in total. The number of hydrogen-bond acceptors (Lipinski definition) is 4. The van der Waals surface area contributed by atoms with Crippen LogP contribution >= 0.6 is 11.3 Å². The van der Waals surface area contributed by atoms with Crippen LogP contribution in [0.1, 0.15) is 36.6 Å². The summed E-state index contributed by atoms with van der Waals surface area (Å²) in [7, 11) is 0. The summed E-state index contributed by atoms with van der Waals surface area (Å²) in [5.74, 6) is 0.311. The number of halogens is 3. The van der Waals surface area contributed by atoms with Crippen molar-refractivity contribution in [3.8, 4) is 0 Å². The highest BCUT2D eigenvalue weighted by Crippen LogP contribution is 2.29. The highest BCUT2D eigenvalue weighted by Gasteiger charge is 2.30. The number of piperidine rings is 1. The zero-order valence-electron chi connectivity index (χ0n) is 15.1. The SMILES string of the molecule is CC1CCCN(Cc2csc(NC(=O)Cc3cccc(C(F)(F)F)c3)n2)C1. The summed E-state index contributed by atoms with van der Waals surface area (Å²) in [6.07, 6.45) is -2.10. The predicted molar refractivity (Wildman–Crippen MR) is 99.6 cm³/mol. The molecule has 27 heavy (non-hydrogen) atoms. The van der Waals surface area contributed by atoms with Gasteiger partial charge in [-0.05, 0) is 36.9 Å². The molecule has 2 aromatic rings. The first-order valence-corrected chi connectivity index (χ1v) is 9.80. The fraction of sp³-hybridized carbons (Fsp3) is 0.474. The minimum atomic E-state index is -4.41. The second-order valence-corrected chi connectivity index (χ2v) is 7.91. The van der Waals surface area contributed by atoms with Gasteiger partial charge in [-0.1, -0.05) is 25.1 Å². The number of alkyl halides is 3. The van der Waals surface area contributed by atoms with Gasteiger partial charge in [0, 0.05) is 18.5 Å². The van der Waals surface area contributed by atoms with Crippen molar-refractivity contribution in [1.82, 2.24) is 9.88 Å². The third kappa shape index (κ3) is 5.77. The Morgan fingerprint density at radius 1 is 1.41 bits per heavy atom. The predicted octanol–water partition coefficient (Wildman–Crippen LogP) is 4.58. The molecule has 0 spiro atoms. The highest BCUT2D eigenvalue weighted by atomic mass is 32.1. The number of carbonyl (C=O) groups is 1. The molecule has 1 saturated heterocycles. The normalized spacial score (nSPS) is 18.4. The zero-order valence-corrected chi connectivity index (χ0v) is 15.9. The topological polar surface area (TPSA) is 45.2 Å². The van der Waals surface area contributed by atoms with Crippen LogP contribution in [0.5, 0.6) is 0 Å². The van der Waals surface area contributed by atoms with E-state index in [4.69, 9.17) is 0 Å². The molecular formula is C19H22F3N3OS. The van der Waals surface area contributed by atoms with Crippen molar-refractivity contribution >= 4 is 22.4 Å². The van der Waals surface area contributed by atoms with Crippen molar-refractivity contribution in [3.63, 3.8) is 0 Å². The summed E-state index contributed by atoms with van der Waals surface area (Å²) < 4.78 is 38.3. The lowest BCUT2D eigenvalue weighted by Crippen LogP contribution is -2.33. The van der Waals surface area contributed by atoms with Gasteiger partial charge in [0.05, 0.1) is 17.7 Å². The van der Waals surface area contributed by atoms with Crippen LogP contribution in [0, 0.1) is 5.92 Å². The lowest BCUT2D eigenvalue weighted by Gasteiger charge is -2.30. The fourth-order valence-corrected chi connectivity index (χ4v) is 4.02. The lowest BCUT2D eigenvalue weighted by atomic mass is 10.0. The Bertz CT molecular complexity index is 791. The van der Waals surface area contributed by atoms with Gasteiger partial charge in [-0.2, -0.15) is 13.2 Å². The van der Waals surface area contributed by atoms with Gasteiger partial charge in [0.15, 0.2) is 5.13 Å². The van der Waals surface area contributed by atoms with Crippen LogP contribution in [-0.2, 0) is 23.9 Å². The Balaban J connectivity index is 1.55. The Morgan fingerprint density at radius 3 is 2.96 bits per heavy atom. The maximum absolute atomic E-state index is 12.8. The van der Waals surface area contributed by atoms with Gasteiger partial charge in [0.25, 0.3) is 0 Å². The molecule has 1 amide bonds. The van der Waals surface area contributed by atoms with Crippen LogP contribution < -0.4 is 5.32 Å². The number of benzene rings is 1. The van der Waals surface area contributed by atoms with Crippen molar-refractivity contribution in [2.24, 2.45) is 5.92 Å². The van der Waals surface area contributed by atoms with E-state index in [0.717, 1.165) is 37.5 Å². The number of nitrogens with zero attached hydrogens (tertiary/aromatic N) is 2. The van der Waals surface area contributed by atoms with Gasteiger partial charge in [-0.25, -0.2) is 4.98 Å². The van der Waals surface area contributed by atoms with Crippen LogP contribution in [-0.4, -0.2) is 28.9 Å². The molecule has 0 saturated carbocycles. The van der Waals surface area contributed by atoms with Gasteiger partial charge in [-0.15, -0.1) is 11.3 Å². The van der Waals surface area contributed by atoms with Crippen molar-refractivity contribution in [2.45, 2.75) is 38.9 Å². The van der Waals surface area contributed by atoms with E-state index in [9.17, 15) is 18.0 Å². The average molecular weight is 397 g/mol. The highest BCUT2D eigenvalue weighted by molar-refractivity contribution is 7.13. The molecule has 3 rings (SSSR count). The van der Waals surface area contributed by atoms with Crippen molar-refractivity contribution < 1.29 is 18.0 Å². The number of hydrogen-bond donors (Lipinski definition) is 1. The van der Waals surface area contributed by atoms with E-state index >= 15 is 0 Å². The number of carbonyl (C=O) groups excluding carboxylic acids is 1. The number of rotatable bonds is 5. The van der Waals surface area contributed by atoms with E-state index in [1.165, 1.54) is 36.3 Å². The second kappa shape index (κ2) is 8.39. The van der Waals surface area contributed by atoms with Crippen LogP contribution in [0.3, 0.4) is 0 Å². The number of thiazole rings is 1. The van der Waals surface area contributed by atoms with Crippen LogP contribution in [0.2, 0.25) is 0 Å². The molecule has 1 aromatic carbocycles. The minimum absolute atomic E-state index is 0.123. The zero-order chi connectivity index (χ0) is 19.4. The Hall–Kier alpha value is -1.93. The molecule has 1 N–H and O–H groups in total. The van der Waals surface area contributed by atoms with E-state index in [1.54, 1.807) is 0 Å². The van der Waals surface area contributed by atoms with Gasteiger partial charge >= 0.3 is 6.18 Å². The molecule has 1 atom stereocenters. The molecule has 0 radical (unpaired) electrons. The molecule has 1 unspecified atom stereocenters. The third-order valence-electron chi connectivity index (χ3n) is 4.54. The van der Waals surface area contributed by atoms with E-state index in [-0.39, 0.29) is 12.3 Å². The Labute approximate surface area is 160 Å². The van der Waals surface area contributed by atoms with Gasteiger partial charge in [0.1, 0.15) is 0 Å². The molecule has 1 aromatic heterocycles. The summed E-state index contributed by atoms with van der Waals surface area (Å²) >= 11 is 1.34. The van der Waals surface area contributed by atoms with Gasteiger partial charge in [-0.3, -0.25) is 9.69 Å². The van der Waals surface area contributed by atoms with Crippen molar-refractivity contribution in [1.29, 1.82) is 0 Å². The average Bonchev–Trinajstić information content (AvgIpc) is 3.01. The maximum Gasteiger partial charge on any atom is 0.416 e. The van der Waals surface area contributed by atoms with E-state index in [0.29, 0.717) is 16.6 Å². The van der Waals surface area contributed by atoms with Crippen LogP contribution in [0.4, 0.5) is 18.3 Å². The molecule has 2 heterocycles. The number of anilines is 1. The maximum atomic E-state index is 12.8. The summed E-state index contributed by atoms with van der Waals surface area (Å²) in [5, 5.41) is 5.08. The molecule has 1 aliphatic heterocycles. The van der Waals surface area contributed by atoms with Crippen LogP contribution in [0.15, 0.2) is 29.6 Å². The first kappa shape index (κ1) is 19.8. The lowest BCUT2D eigenvalue weighted by molar-refractivity contribution is -0.137. The minimum Gasteiger partial charge on any atom is -0.302 e. The first-order chi connectivity index (χ1) is 12.8. The van der Waals surface area contributed by atoms with Crippen molar-refractivity contribution in [3.05, 3.63) is 46.5 Å². The molecule has 0 bridgehead atoms. The smallest absolute Gasteiger partial charge is 0.302 e. The summed E-state index contributed by atoms with van der Waals surface area (Å²) in [5.41, 5.74) is 0.477. The molecule has 1 fully saturated rings. The fourth-order valence-electron chi connectivity index (χ4n) is 3.30. The number of amides is 1. The third-order valence-corrected chi connectivity index (χ3v) is 5.35. The van der Waals surface area contributed by atoms with Crippen molar-refractivity contribution in [2.75, 3.05) is 18.4 Å². The largest absolute Gasteiger partial charge is 0.416 e. The summed E-state index contributed by atoms with van der Waals surface area (Å²) in [6, 6.07) is 4.83. The molecule has 1 aliphatic rings. The van der Waals surface area contributed by atoms with Crippen LogP contribution in [0.25, 0.3) is 0 Å². The summed E-state index contributed by atoms with van der Waals surface area (Å²) in [4.78, 5) is 18.9. The summed E-state index contributed by atoms with van der Waals surface area (Å²) in [6.45, 7) is 5.10. The standard InChI is InChI=1S/C19H22F3N3OS/c1-13-4-3-7-25(10-13)11-16-12-27-18(23-16)24-17(26)9-14-5-2-6-15(8-14)19(20,21)22/h2,5-6,8,12-13H,3-4,7,9-11H2,1H3,(H,23,24,26). The van der Waals surface area contributed by atoms with Gasteiger partial charge < -0.3 is 5.32 Å². The monoisotopic (exact) mass is 397 g/mol.